The van der Waals surface area contributed by atoms with Gasteiger partial charge in [-0.15, -0.1) is 0 Å². The largest absolute Gasteiger partial charge is 0.302 e. The van der Waals surface area contributed by atoms with Gasteiger partial charge in [0.2, 0.25) is 0 Å². The fourth-order valence-electron chi connectivity index (χ4n) is 2.37. The van der Waals surface area contributed by atoms with Crippen LogP contribution in [0, 0.1) is 20.8 Å². The average molecular weight is 247 g/mol. The van der Waals surface area contributed by atoms with E-state index in [0.717, 1.165) is 6.42 Å². The number of carbonyl (C=O) groups is 1. The molecular formula is C16H25NO. The van der Waals surface area contributed by atoms with Crippen LogP contribution in [0.4, 0.5) is 0 Å². The second-order valence-corrected chi connectivity index (χ2v) is 5.51. The molecule has 0 radical (unpaired) electrons. The van der Waals surface area contributed by atoms with Crippen molar-refractivity contribution in [2.24, 2.45) is 0 Å². The highest BCUT2D eigenvalue weighted by Crippen LogP contribution is 2.28. The van der Waals surface area contributed by atoms with E-state index in [1.165, 1.54) is 22.3 Å². The molecule has 1 rings (SSSR count). The molecule has 0 fully saturated rings. The second kappa shape index (κ2) is 6.14. The maximum Gasteiger partial charge on any atom is 0.129 e. The minimum absolute atomic E-state index is 0.267. The van der Waals surface area contributed by atoms with Crippen LogP contribution in [-0.2, 0) is 4.79 Å². The molecule has 1 aromatic rings. The molecule has 18 heavy (non-hydrogen) atoms. The predicted molar refractivity (Wildman–Crippen MR) is 77.0 cm³/mol. The van der Waals surface area contributed by atoms with Crippen molar-refractivity contribution in [3.63, 3.8) is 0 Å². The number of nitrogens with zero attached hydrogens (tertiary/aromatic N) is 1. The van der Waals surface area contributed by atoms with Crippen LogP contribution in [0.15, 0.2) is 12.1 Å². The smallest absolute Gasteiger partial charge is 0.129 e. The minimum atomic E-state index is 0.267. The van der Waals surface area contributed by atoms with E-state index in [1.54, 1.807) is 6.92 Å². The van der Waals surface area contributed by atoms with Crippen LogP contribution in [0.25, 0.3) is 0 Å². The van der Waals surface area contributed by atoms with Crippen molar-refractivity contribution in [3.8, 4) is 0 Å². The summed E-state index contributed by atoms with van der Waals surface area (Å²) in [4.78, 5) is 13.4. The first-order valence-corrected chi connectivity index (χ1v) is 6.56. The van der Waals surface area contributed by atoms with Crippen LogP contribution < -0.4 is 0 Å². The van der Waals surface area contributed by atoms with E-state index in [9.17, 15) is 4.79 Å². The van der Waals surface area contributed by atoms with Crippen molar-refractivity contribution in [1.82, 2.24) is 4.90 Å². The average Bonchev–Trinajstić information content (AvgIpc) is 2.24. The number of hydrogen-bond acceptors (Lipinski definition) is 2. The van der Waals surface area contributed by atoms with Crippen molar-refractivity contribution in [1.29, 1.82) is 0 Å². The fourth-order valence-corrected chi connectivity index (χ4v) is 2.37. The van der Waals surface area contributed by atoms with E-state index < -0.39 is 0 Å². The Kier molecular flexibility index (Phi) is 5.09. The lowest BCUT2D eigenvalue weighted by Crippen LogP contribution is -2.21. The lowest BCUT2D eigenvalue weighted by atomic mass is 9.92. The summed E-state index contributed by atoms with van der Waals surface area (Å²) in [5.74, 6) is 0.267. The second-order valence-electron chi connectivity index (χ2n) is 5.51. The Morgan fingerprint density at radius 2 is 1.67 bits per heavy atom. The van der Waals surface area contributed by atoms with E-state index in [2.05, 4.69) is 51.9 Å². The Bertz CT molecular complexity index is 435. The van der Waals surface area contributed by atoms with Gasteiger partial charge in [-0.05, 0) is 70.5 Å². The summed E-state index contributed by atoms with van der Waals surface area (Å²) in [5.41, 5.74) is 5.33. The molecule has 0 spiro atoms. The summed E-state index contributed by atoms with van der Waals surface area (Å²) in [7, 11) is 4.17. The monoisotopic (exact) mass is 247 g/mol. The zero-order valence-corrected chi connectivity index (χ0v) is 12.5. The van der Waals surface area contributed by atoms with Crippen LogP contribution in [0.3, 0.4) is 0 Å². The minimum Gasteiger partial charge on any atom is -0.302 e. The molecule has 1 atom stereocenters. The molecule has 1 aromatic carbocycles. The van der Waals surface area contributed by atoms with Gasteiger partial charge < -0.3 is 9.69 Å². The Morgan fingerprint density at radius 3 is 2.17 bits per heavy atom. The van der Waals surface area contributed by atoms with E-state index in [1.807, 2.05) is 0 Å². The molecule has 0 bridgehead atoms. The maximum absolute atomic E-state index is 11.2. The third-order valence-electron chi connectivity index (χ3n) is 3.63. The van der Waals surface area contributed by atoms with Crippen molar-refractivity contribution in [3.05, 3.63) is 34.4 Å². The van der Waals surface area contributed by atoms with Gasteiger partial charge in [0.25, 0.3) is 0 Å². The van der Waals surface area contributed by atoms with Gasteiger partial charge in [0.05, 0.1) is 0 Å². The van der Waals surface area contributed by atoms with Gasteiger partial charge >= 0.3 is 0 Å². The zero-order chi connectivity index (χ0) is 13.9. The standard InChI is InChI=1S/C16H25NO/c1-11-9-13(3)15(10-12(11)2)16(17(5)6)8-7-14(4)18/h9-10,16H,7-8H2,1-6H3. The predicted octanol–water partition coefficient (Wildman–Crippen LogP) is 3.58. The Morgan fingerprint density at radius 1 is 1.11 bits per heavy atom. The van der Waals surface area contributed by atoms with Crippen LogP contribution >= 0.6 is 0 Å². The zero-order valence-electron chi connectivity index (χ0n) is 12.5. The highest BCUT2D eigenvalue weighted by atomic mass is 16.1. The number of carbonyl (C=O) groups excluding carboxylic acids is 1. The van der Waals surface area contributed by atoms with Crippen LogP contribution in [0.1, 0.15) is 48.1 Å². The maximum atomic E-state index is 11.2. The van der Waals surface area contributed by atoms with Crippen molar-refractivity contribution in [2.45, 2.75) is 46.6 Å². The van der Waals surface area contributed by atoms with Crippen LogP contribution in [-0.4, -0.2) is 24.8 Å². The number of benzene rings is 1. The van der Waals surface area contributed by atoms with Crippen LogP contribution in [0.5, 0.6) is 0 Å². The molecule has 0 aliphatic rings. The highest BCUT2D eigenvalue weighted by Gasteiger charge is 2.17. The van der Waals surface area contributed by atoms with Crippen molar-refractivity contribution < 1.29 is 4.79 Å². The topological polar surface area (TPSA) is 20.3 Å². The molecule has 100 valence electrons. The Balaban J connectivity index is 3.05. The molecule has 0 saturated carbocycles. The summed E-state index contributed by atoms with van der Waals surface area (Å²) < 4.78 is 0. The molecule has 0 amide bonds. The molecule has 2 nitrogen and oxygen atoms in total. The van der Waals surface area contributed by atoms with Crippen molar-refractivity contribution >= 4 is 5.78 Å². The first-order chi connectivity index (χ1) is 8.32. The third-order valence-corrected chi connectivity index (χ3v) is 3.63. The normalized spacial score (nSPS) is 12.8. The van der Waals surface area contributed by atoms with E-state index in [4.69, 9.17) is 0 Å². The van der Waals surface area contributed by atoms with Gasteiger partial charge in [-0.2, -0.15) is 0 Å². The number of aryl methyl sites for hydroxylation is 3. The number of rotatable bonds is 5. The summed E-state index contributed by atoms with van der Waals surface area (Å²) in [6, 6.07) is 4.85. The van der Waals surface area contributed by atoms with E-state index in [-0.39, 0.29) is 5.78 Å². The highest BCUT2D eigenvalue weighted by molar-refractivity contribution is 5.75. The summed E-state index contributed by atoms with van der Waals surface area (Å²) in [6.07, 6.45) is 1.54. The van der Waals surface area contributed by atoms with Gasteiger partial charge in [-0.1, -0.05) is 12.1 Å². The molecule has 0 aromatic heterocycles. The van der Waals surface area contributed by atoms with Crippen molar-refractivity contribution in [2.75, 3.05) is 14.1 Å². The van der Waals surface area contributed by atoms with E-state index in [0.29, 0.717) is 12.5 Å². The molecule has 0 aliphatic heterocycles. The quantitative estimate of drug-likeness (QED) is 0.792. The van der Waals surface area contributed by atoms with Gasteiger partial charge in [0.15, 0.2) is 0 Å². The summed E-state index contributed by atoms with van der Waals surface area (Å²) in [5, 5.41) is 0. The van der Waals surface area contributed by atoms with Crippen LogP contribution in [0.2, 0.25) is 0 Å². The molecule has 0 saturated heterocycles. The Labute approximate surface area is 111 Å². The third kappa shape index (κ3) is 3.67. The number of Topliss-reactive ketones (excluding diaryl/α,β-unsaturated/α-hetero) is 1. The van der Waals surface area contributed by atoms with Gasteiger partial charge in [0.1, 0.15) is 5.78 Å². The first kappa shape index (κ1) is 14.9. The first-order valence-electron chi connectivity index (χ1n) is 6.56. The number of hydrogen-bond donors (Lipinski definition) is 0. The molecular weight excluding hydrogens is 222 g/mol. The molecule has 0 heterocycles. The van der Waals surface area contributed by atoms with E-state index >= 15 is 0 Å². The molecule has 0 N–H and O–H groups in total. The lowest BCUT2D eigenvalue weighted by molar-refractivity contribution is -0.117. The fraction of sp³-hybridized carbons (Fsp3) is 0.562. The number of ketones is 1. The Hall–Kier alpha value is -1.15. The van der Waals surface area contributed by atoms with Gasteiger partial charge in [0, 0.05) is 12.5 Å². The molecule has 1 unspecified atom stereocenters. The SMILES string of the molecule is CC(=O)CCC(c1cc(C)c(C)cc1C)N(C)C. The van der Waals surface area contributed by atoms with Gasteiger partial charge in [-0.3, -0.25) is 0 Å². The summed E-state index contributed by atoms with van der Waals surface area (Å²) >= 11 is 0. The van der Waals surface area contributed by atoms with Gasteiger partial charge in [-0.25, -0.2) is 0 Å². The summed E-state index contributed by atoms with van der Waals surface area (Å²) in [6.45, 7) is 8.12. The molecule has 2 heteroatoms. The molecule has 0 aliphatic carbocycles. The lowest BCUT2D eigenvalue weighted by Gasteiger charge is -2.27.